The highest BCUT2D eigenvalue weighted by Gasteiger charge is 2.30. The Bertz CT molecular complexity index is 1910. The number of H-pyrrole nitrogens is 1. The lowest BCUT2D eigenvalue weighted by Crippen LogP contribution is -2.41. The van der Waals surface area contributed by atoms with E-state index < -0.39 is 5.60 Å². The number of aromatic nitrogens is 3. The lowest BCUT2D eigenvalue weighted by Gasteiger charge is -2.35. The summed E-state index contributed by atoms with van der Waals surface area (Å²) in [4.78, 5) is 30.9. The van der Waals surface area contributed by atoms with Crippen LogP contribution in [0.5, 0.6) is 0 Å². The maximum atomic E-state index is 13.7. The van der Waals surface area contributed by atoms with Crippen molar-refractivity contribution in [3.8, 4) is 22.5 Å². The highest BCUT2D eigenvalue weighted by molar-refractivity contribution is 6.09. The number of benzene rings is 3. The summed E-state index contributed by atoms with van der Waals surface area (Å²) in [6.07, 6.45) is 6.64. The zero-order valence-electron chi connectivity index (χ0n) is 26.0. The molecule has 0 bridgehead atoms. The number of piperidine rings is 1. The molecule has 2 N–H and O–H groups in total. The number of anilines is 1. The summed E-state index contributed by atoms with van der Waals surface area (Å²) in [5.41, 5.74) is 10.8. The van der Waals surface area contributed by atoms with Crippen molar-refractivity contribution in [2.24, 2.45) is 0 Å². The Labute approximate surface area is 263 Å². The lowest BCUT2D eigenvalue weighted by atomic mass is 9.93. The molecule has 8 rings (SSSR count). The maximum absolute atomic E-state index is 13.7. The third kappa shape index (κ3) is 5.34. The van der Waals surface area contributed by atoms with Crippen LogP contribution >= 0.6 is 0 Å². The molecule has 0 spiro atoms. The number of rotatable bonds is 6. The molecule has 5 aromatic rings. The summed E-state index contributed by atoms with van der Waals surface area (Å²) in [6.45, 7) is 7.42. The molecular formula is C38H39N5O2. The van der Waals surface area contributed by atoms with E-state index in [-0.39, 0.29) is 5.91 Å². The van der Waals surface area contributed by atoms with Gasteiger partial charge in [-0.2, -0.15) is 0 Å². The first-order valence-corrected chi connectivity index (χ1v) is 16.3. The number of aliphatic hydroxyl groups is 1. The maximum Gasteiger partial charge on any atom is 0.258 e. The molecule has 3 aromatic carbocycles. The first-order valence-electron chi connectivity index (χ1n) is 16.3. The summed E-state index contributed by atoms with van der Waals surface area (Å²) in [5.74, 6) is 0.761. The van der Waals surface area contributed by atoms with E-state index in [2.05, 4.69) is 76.4 Å². The highest BCUT2D eigenvalue weighted by atomic mass is 16.3. The predicted octanol–water partition coefficient (Wildman–Crippen LogP) is 7.03. The number of hydrogen-bond donors (Lipinski definition) is 2. The van der Waals surface area contributed by atoms with Gasteiger partial charge in [-0.1, -0.05) is 48.5 Å². The van der Waals surface area contributed by atoms with Gasteiger partial charge in [0.25, 0.3) is 5.91 Å². The Morgan fingerprint density at radius 2 is 1.76 bits per heavy atom. The molecule has 7 nitrogen and oxygen atoms in total. The van der Waals surface area contributed by atoms with Gasteiger partial charge in [-0.05, 0) is 97.9 Å². The monoisotopic (exact) mass is 597 g/mol. The van der Waals surface area contributed by atoms with Gasteiger partial charge in [0.2, 0.25) is 0 Å². The van der Waals surface area contributed by atoms with Gasteiger partial charge in [-0.15, -0.1) is 0 Å². The Hall–Kier alpha value is -4.33. The number of aromatic amines is 1. The average Bonchev–Trinajstić information content (AvgIpc) is 3.81. The van der Waals surface area contributed by atoms with E-state index in [4.69, 9.17) is 4.98 Å². The van der Waals surface area contributed by atoms with E-state index in [1.165, 1.54) is 29.5 Å². The quantitative estimate of drug-likeness (QED) is 0.220. The van der Waals surface area contributed by atoms with E-state index in [9.17, 15) is 9.90 Å². The van der Waals surface area contributed by atoms with E-state index in [1.54, 1.807) is 6.33 Å². The van der Waals surface area contributed by atoms with Crippen molar-refractivity contribution in [1.82, 2.24) is 19.9 Å². The van der Waals surface area contributed by atoms with Crippen LogP contribution in [-0.4, -0.2) is 56.1 Å². The van der Waals surface area contributed by atoms with Gasteiger partial charge >= 0.3 is 0 Å². The summed E-state index contributed by atoms with van der Waals surface area (Å²) < 4.78 is 0. The first-order chi connectivity index (χ1) is 21.8. The Morgan fingerprint density at radius 3 is 2.53 bits per heavy atom. The van der Waals surface area contributed by atoms with Crippen LogP contribution in [0.4, 0.5) is 5.69 Å². The average molecular weight is 598 g/mol. The Morgan fingerprint density at radius 1 is 0.956 bits per heavy atom. The summed E-state index contributed by atoms with van der Waals surface area (Å²) >= 11 is 0. The molecule has 2 aliphatic heterocycles. The van der Waals surface area contributed by atoms with Gasteiger partial charge in [0, 0.05) is 54.1 Å². The fourth-order valence-electron chi connectivity index (χ4n) is 7.13. The number of likely N-dealkylation sites (tertiary alicyclic amines) is 1. The number of carbonyl (C=O) groups excluding carboxylic acids is 1. The topological polar surface area (TPSA) is 85.3 Å². The SMILES string of the molecule is Cc1c(-c2ncnc3[nH]c(-c4ccc(CN5CCC(C)(O)CC5)cc4)cc23)cccc1N1CCc2cc(C3CC3)ccc2C1=O. The predicted molar refractivity (Wildman–Crippen MR) is 178 cm³/mol. The number of carbonyl (C=O) groups is 1. The Kier molecular flexibility index (Phi) is 6.84. The van der Waals surface area contributed by atoms with Crippen molar-refractivity contribution in [1.29, 1.82) is 0 Å². The molecule has 0 unspecified atom stereocenters. The largest absolute Gasteiger partial charge is 0.390 e. The Balaban J connectivity index is 1.06. The molecule has 2 aromatic heterocycles. The third-order valence-electron chi connectivity index (χ3n) is 10.1. The summed E-state index contributed by atoms with van der Waals surface area (Å²) in [7, 11) is 0. The van der Waals surface area contributed by atoms with Crippen LogP contribution in [0.15, 0.2) is 73.1 Å². The van der Waals surface area contributed by atoms with E-state index in [0.717, 1.165) is 89.3 Å². The van der Waals surface area contributed by atoms with Crippen molar-refractivity contribution < 1.29 is 9.90 Å². The molecule has 1 amide bonds. The minimum atomic E-state index is -0.533. The van der Waals surface area contributed by atoms with E-state index in [1.807, 2.05) is 24.0 Å². The van der Waals surface area contributed by atoms with Gasteiger partial charge in [0.1, 0.15) is 12.0 Å². The fraction of sp³-hybridized carbons (Fsp3) is 0.342. The van der Waals surface area contributed by atoms with E-state index >= 15 is 0 Å². The van der Waals surface area contributed by atoms with Gasteiger partial charge in [0.05, 0.1) is 11.3 Å². The zero-order valence-corrected chi connectivity index (χ0v) is 26.0. The minimum Gasteiger partial charge on any atom is -0.390 e. The van der Waals surface area contributed by atoms with Crippen molar-refractivity contribution in [2.45, 2.75) is 64.0 Å². The second kappa shape index (κ2) is 10.9. The lowest BCUT2D eigenvalue weighted by molar-refractivity contribution is -0.00730. The molecule has 2 fully saturated rings. The van der Waals surface area contributed by atoms with Crippen LogP contribution in [0.2, 0.25) is 0 Å². The van der Waals surface area contributed by atoms with Crippen LogP contribution in [0.3, 0.4) is 0 Å². The molecule has 1 aliphatic carbocycles. The molecule has 1 saturated heterocycles. The molecule has 0 radical (unpaired) electrons. The number of fused-ring (bicyclic) bond motifs is 2. The van der Waals surface area contributed by atoms with Gasteiger partial charge in [-0.3, -0.25) is 9.69 Å². The van der Waals surface area contributed by atoms with Crippen LogP contribution in [-0.2, 0) is 13.0 Å². The highest BCUT2D eigenvalue weighted by Crippen LogP contribution is 2.42. The normalized spacial score (nSPS) is 18.4. The second-order valence-corrected chi connectivity index (χ2v) is 13.5. The molecule has 4 heterocycles. The van der Waals surface area contributed by atoms with Crippen molar-refractivity contribution in [2.75, 3.05) is 24.5 Å². The first kappa shape index (κ1) is 28.2. The summed E-state index contributed by atoms with van der Waals surface area (Å²) in [6, 6.07) is 23.5. The van der Waals surface area contributed by atoms with Crippen molar-refractivity contribution >= 4 is 22.6 Å². The fourth-order valence-corrected chi connectivity index (χ4v) is 7.13. The molecular weight excluding hydrogens is 558 g/mol. The van der Waals surface area contributed by atoms with Gasteiger partial charge in [0.15, 0.2) is 0 Å². The number of amides is 1. The van der Waals surface area contributed by atoms with Gasteiger partial charge < -0.3 is 15.0 Å². The van der Waals surface area contributed by atoms with Crippen LogP contribution in [0.1, 0.15) is 71.1 Å². The minimum absolute atomic E-state index is 0.0752. The van der Waals surface area contributed by atoms with Crippen LogP contribution < -0.4 is 4.90 Å². The standard InChI is InChI=1S/C38H39N5O2/c1-24-30(4-3-5-34(24)43-17-14-29-20-28(26-10-11-26)12-13-31(29)37(43)44)35-32-21-33(41-36(32)40-23-39-35)27-8-6-25(7-9-27)22-42-18-15-38(2,45)16-19-42/h3-9,12-13,20-21,23,26,45H,10-11,14-19,22H2,1-2H3,(H,39,40,41). The molecule has 45 heavy (non-hydrogen) atoms. The number of nitrogens with one attached hydrogen (secondary N) is 1. The zero-order chi connectivity index (χ0) is 30.7. The van der Waals surface area contributed by atoms with E-state index in [0.29, 0.717) is 12.5 Å². The summed E-state index contributed by atoms with van der Waals surface area (Å²) in [5, 5.41) is 11.2. The third-order valence-corrected chi connectivity index (χ3v) is 10.1. The molecule has 1 saturated carbocycles. The number of nitrogens with zero attached hydrogens (tertiary/aromatic N) is 4. The molecule has 228 valence electrons. The van der Waals surface area contributed by atoms with Crippen LogP contribution in [0.25, 0.3) is 33.5 Å². The van der Waals surface area contributed by atoms with Crippen molar-refractivity contribution in [3.05, 3.63) is 101 Å². The second-order valence-electron chi connectivity index (χ2n) is 13.5. The number of hydrogen-bond acceptors (Lipinski definition) is 5. The smallest absolute Gasteiger partial charge is 0.258 e. The van der Waals surface area contributed by atoms with Crippen LogP contribution in [0, 0.1) is 6.92 Å². The molecule has 7 heteroatoms. The molecule has 3 aliphatic rings. The van der Waals surface area contributed by atoms with Crippen molar-refractivity contribution in [3.63, 3.8) is 0 Å². The molecule has 0 atom stereocenters. The van der Waals surface area contributed by atoms with Gasteiger partial charge in [-0.25, -0.2) is 9.97 Å².